The summed E-state index contributed by atoms with van der Waals surface area (Å²) in [5, 5.41) is 7.74. The Morgan fingerprint density at radius 2 is 2.20 bits per heavy atom. The SMILES string of the molecule is COc1ccccc1-n1ncc(C(=O)N2CCO[C@@H]3CNC[C@@H]32)c1C. The number of amides is 1. The Hall–Kier alpha value is -2.38. The maximum Gasteiger partial charge on any atom is 0.257 e. The van der Waals surface area contributed by atoms with Crippen molar-refractivity contribution >= 4 is 5.91 Å². The van der Waals surface area contributed by atoms with E-state index in [4.69, 9.17) is 9.47 Å². The van der Waals surface area contributed by atoms with Crippen LogP contribution in [0.3, 0.4) is 0 Å². The summed E-state index contributed by atoms with van der Waals surface area (Å²) in [7, 11) is 1.63. The number of ether oxygens (including phenoxy) is 2. The number of nitrogens with one attached hydrogen (secondary N) is 1. The number of hydrogen-bond donors (Lipinski definition) is 1. The van der Waals surface area contributed by atoms with E-state index in [0.717, 1.165) is 30.2 Å². The van der Waals surface area contributed by atoms with Crippen molar-refractivity contribution in [3.63, 3.8) is 0 Å². The first kappa shape index (κ1) is 16.1. The molecule has 1 N–H and O–H groups in total. The van der Waals surface area contributed by atoms with Gasteiger partial charge in [-0.1, -0.05) is 12.1 Å². The zero-order chi connectivity index (χ0) is 17.4. The monoisotopic (exact) mass is 342 g/mol. The van der Waals surface area contributed by atoms with Crippen molar-refractivity contribution in [3.05, 3.63) is 41.7 Å². The Bertz CT molecular complexity index is 788. The standard InChI is InChI=1S/C18H22N4O3/c1-12-13(9-20-22(12)14-5-3-4-6-16(14)24-2)18(23)21-7-8-25-17-11-19-10-15(17)21/h3-6,9,15,17,19H,7-8,10-11H2,1-2H3/t15-,17+/m0/s1. The van der Waals surface area contributed by atoms with Gasteiger partial charge < -0.3 is 19.7 Å². The van der Waals surface area contributed by atoms with Crippen LogP contribution in [0.1, 0.15) is 16.1 Å². The summed E-state index contributed by atoms with van der Waals surface area (Å²) < 4.78 is 12.9. The van der Waals surface area contributed by atoms with Crippen molar-refractivity contribution in [3.8, 4) is 11.4 Å². The number of fused-ring (bicyclic) bond motifs is 1. The molecule has 0 bridgehead atoms. The molecule has 2 fully saturated rings. The highest BCUT2D eigenvalue weighted by atomic mass is 16.5. The van der Waals surface area contributed by atoms with Crippen LogP contribution < -0.4 is 10.1 Å². The molecule has 0 radical (unpaired) electrons. The molecule has 2 saturated heterocycles. The molecule has 0 saturated carbocycles. The van der Waals surface area contributed by atoms with E-state index in [1.807, 2.05) is 36.1 Å². The van der Waals surface area contributed by atoms with Crippen LogP contribution in [0, 0.1) is 6.92 Å². The molecule has 7 heteroatoms. The highest BCUT2D eigenvalue weighted by Gasteiger charge is 2.39. The van der Waals surface area contributed by atoms with E-state index >= 15 is 0 Å². The van der Waals surface area contributed by atoms with Crippen LogP contribution >= 0.6 is 0 Å². The highest BCUT2D eigenvalue weighted by Crippen LogP contribution is 2.26. The van der Waals surface area contributed by atoms with Gasteiger partial charge in [-0.25, -0.2) is 4.68 Å². The van der Waals surface area contributed by atoms with Gasteiger partial charge in [-0.2, -0.15) is 5.10 Å². The van der Waals surface area contributed by atoms with E-state index in [-0.39, 0.29) is 18.1 Å². The lowest BCUT2D eigenvalue weighted by atomic mass is 10.1. The summed E-state index contributed by atoms with van der Waals surface area (Å²) in [4.78, 5) is 15.0. The third kappa shape index (κ3) is 2.69. The van der Waals surface area contributed by atoms with Gasteiger partial charge in [0.25, 0.3) is 5.91 Å². The van der Waals surface area contributed by atoms with Gasteiger partial charge in [-0.3, -0.25) is 4.79 Å². The summed E-state index contributed by atoms with van der Waals surface area (Å²) in [6.07, 6.45) is 1.74. The molecule has 1 amide bonds. The van der Waals surface area contributed by atoms with Crippen molar-refractivity contribution in [2.75, 3.05) is 33.4 Å². The first-order chi connectivity index (χ1) is 12.2. The number of morpholine rings is 1. The number of hydrogen-bond acceptors (Lipinski definition) is 5. The van der Waals surface area contributed by atoms with Crippen LogP contribution in [0.25, 0.3) is 5.69 Å². The van der Waals surface area contributed by atoms with Gasteiger partial charge in [0.2, 0.25) is 0 Å². The number of nitrogens with zero attached hydrogens (tertiary/aromatic N) is 3. The lowest BCUT2D eigenvalue weighted by molar-refractivity contribution is -0.0365. The summed E-state index contributed by atoms with van der Waals surface area (Å²) in [5.74, 6) is 0.736. The summed E-state index contributed by atoms with van der Waals surface area (Å²) >= 11 is 0. The number of rotatable bonds is 3. The quantitative estimate of drug-likeness (QED) is 0.901. The number of para-hydroxylation sites is 2. The van der Waals surface area contributed by atoms with Gasteiger partial charge in [0.15, 0.2) is 0 Å². The summed E-state index contributed by atoms with van der Waals surface area (Å²) in [5.41, 5.74) is 2.26. The lowest BCUT2D eigenvalue weighted by Gasteiger charge is -2.36. The molecule has 25 heavy (non-hydrogen) atoms. The molecule has 0 unspecified atom stereocenters. The molecule has 2 aromatic rings. The Balaban J connectivity index is 1.66. The molecular weight excluding hydrogens is 320 g/mol. The average molecular weight is 342 g/mol. The molecule has 1 aromatic carbocycles. The second kappa shape index (κ2) is 6.50. The molecule has 2 aliphatic heterocycles. The number of benzene rings is 1. The normalized spacial score (nSPS) is 22.7. The third-order valence-corrected chi connectivity index (χ3v) is 5.01. The largest absolute Gasteiger partial charge is 0.494 e. The molecule has 132 valence electrons. The molecule has 0 aliphatic carbocycles. The average Bonchev–Trinajstić information content (AvgIpc) is 3.27. The fourth-order valence-electron chi connectivity index (χ4n) is 3.66. The predicted molar refractivity (Wildman–Crippen MR) is 92.3 cm³/mol. The van der Waals surface area contributed by atoms with Crippen molar-refractivity contribution < 1.29 is 14.3 Å². The second-order valence-electron chi connectivity index (χ2n) is 6.36. The van der Waals surface area contributed by atoms with Gasteiger partial charge in [0.05, 0.1) is 43.3 Å². The van der Waals surface area contributed by atoms with Gasteiger partial charge >= 0.3 is 0 Å². The number of carbonyl (C=O) groups is 1. The number of aromatic nitrogens is 2. The van der Waals surface area contributed by atoms with Crippen molar-refractivity contribution in [1.29, 1.82) is 0 Å². The van der Waals surface area contributed by atoms with Crippen LogP contribution in [0.4, 0.5) is 0 Å². The van der Waals surface area contributed by atoms with Gasteiger partial charge in [-0.05, 0) is 19.1 Å². The van der Waals surface area contributed by atoms with Crippen molar-refractivity contribution in [1.82, 2.24) is 20.0 Å². The molecule has 2 atom stereocenters. The Morgan fingerprint density at radius 3 is 3.04 bits per heavy atom. The molecule has 7 nitrogen and oxygen atoms in total. The van der Waals surface area contributed by atoms with Crippen LogP contribution in [0.2, 0.25) is 0 Å². The van der Waals surface area contributed by atoms with E-state index in [1.54, 1.807) is 18.0 Å². The minimum atomic E-state index is 0.0145. The smallest absolute Gasteiger partial charge is 0.257 e. The van der Waals surface area contributed by atoms with E-state index in [1.165, 1.54) is 0 Å². The van der Waals surface area contributed by atoms with E-state index in [9.17, 15) is 4.79 Å². The number of methoxy groups -OCH3 is 1. The zero-order valence-corrected chi connectivity index (χ0v) is 14.4. The first-order valence-electron chi connectivity index (χ1n) is 8.52. The van der Waals surface area contributed by atoms with Gasteiger partial charge in [0, 0.05) is 19.6 Å². The molecular formula is C18H22N4O3. The Morgan fingerprint density at radius 1 is 1.36 bits per heavy atom. The predicted octanol–water partition coefficient (Wildman–Crippen LogP) is 1.00. The fraction of sp³-hybridized carbons (Fsp3) is 0.444. The summed E-state index contributed by atoms with van der Waals surface area (Å²) in [6, 6.07) is 7.74. The second-order valence-corrected chi connectivity index (χ2v) is 6.36. The van der Waals surface area contributed by atoms with E-state index < -0.39 is 0 Å². The Kier molecular flexibility index (Phi) is 4.19. The molecule has 4 rings (SSSR count). The zero-order valence-electron chi connectivity index (χ0n) is 14.4. The molecule has 0 spiro atoms. The van der Waals surface area contributed by atoms with Crippen molar-refractivity contribution in [2.24, 2.45) is 0 Å². The van der Waals surface area contributed by atoms with E-state index in [2.05, 4.69) is 10.4 Å². The minimum absolute atomic E-state index is 0.0145. The maximum absolute atomic E-state index is 13.1. The van der Waals surface area contributed by atoms with Crippen LogP contribution in [0.15, 0.2) is 30.5 Å². The maximum atomic E-state index is 13.1. The van der Waals surface area contributed by atoms with Gasteiger partial charge in [-0.15, -0.1) is 0 Å². The third-order valence-electron chi connectivity index (χ3n) is 5.01. The van der Waals surface area contributed by atoms with Crippen LogP contribution in [-0.2, 0) is 4.74 Å². The fourth-order valence-corrected chi connectivity index (χ4v) is 3.66. The van der Waals surface area contributed by atoms with E-state index in [0.29, 0.717) is 18.7 Å². The lowest BCUT2D eigenvalue weighted by Crippen LogP contribution is -2.53. The number of carbonyl (C=O) groups excluding carboxylic acids is 1. The molecule has 2 aliphatic rings. The topological polar surface area (TPSA) is 68.6 Å². The Labute approximate surface area is 146 Å². The molecule has 3 heterocycles. The van der Waals surface area contributed by atoms with Crippen LogP contribution in [0.5, 0.6) is 5.75 Å². The first-order valence-corrected chi connectivity index (χ1v) is 8.52. The van der Waals surface area contributed by atoms with Crippen molar-refractivity contribution in [2.45, 2.75) is 19.1 Å². The molecule has 1 aromatic heterocycles. The van der Waals surface area contributed by atoms with Crippen LogP contribution in [-0.4, -0.2) is 66.1 Å². The highest BCUT2D eigenvalue weighted by molar-refractivity contribution is 5.95. The van der Waals surface area contributed by atoms with Gasteiger partial charge in [0.1, 0.15) is 11.4 Å². The minimum Gasteiger partial charge on any atom is -0.494 e. The summed E-state index contributed by atoms with van der Waals surface area (Å²) in [6.45, 7) is 4.68.